The molecule has 0 spiro atoms. The molecule has 1 aromatic rings. The fourth-order valence-electron chi connectivity index (χ4n) is 3.67. The van der Waals surface area contributed by atoms with Crippen LogP contribution in [-0.4, -0.2) is 40.9 Å². The highest BCUT2D eigenvalue weighted by atomic mass is 32.1. The van der Waals surface area contributed by atoms with Crippen LogP contribution >= 0.6 is 12.6 Å². The van der Waals surface area contributed by atoms with Gasteiger partial charge in [-0.3, -0.25) is 14.4 Å². The van der Waals surface area contributed by atoms with Gasteiger partial charge in [0, 0.05) is 16.7 Å². The fraction of sp³-hybridized carbons (Fsp3) is 0.679. The number of anilines is 1. The maximum Gasteiger partial charge on any atom is 0.224 e. The molecule has 0 aliphatic carbocycles. The van der Waals surface area contributed by atoms with Crippen LogP contribution in [0.1, 0.15) is 89.0 Å². The van der Waals surface area contributed by atoms with Crippen LogP contribution in [0, 0.1) is 10.8 Å². The molecule has 2 atom stereocenters. The van der Waals surface area contributed by atoms with Gasteiger partial charge < -0.3 is 14.8 Å². The van der Waals surface area contributed by atoms with Gasteiger partial charge in [-0.1, -0.05) is 46.8 Å². The molecule has 6 nitrogen and oxygen atoms in total. The molecule has 0 radical (unpaired) electrons. The number of ether oxygens (including phenoxy) is 2. The maximum atomic E-state index is 13.4. The number of hydrogen-bond acceptors (Lipinski definition) is 6. The number of hydrogen-bond donors (Lipinski definition) is 2. The summed E-state index contributed by atoms with van der Waals surface area (Å²) in [7, 11) is 0. The van der Waals surface area contributed by atoms with Gasteiger partial charge in [-0.15, -0.1) is 12.6 Å². The third-order valence-corrected chi connectivity index (χ3v) is 6.69. The van der Waals surface area contributed by atoms with Crippen molar-refractivity contribution < 1.29 is 23.9 Å². The van der Waals surface area contributed by atoms with Crippen molar-refractivity contribution in [3.63, 3.8) is 0 Å². The second-order valence-electron chi connectivity index (χ2n) is 12.2. The Kier molecular flexibility index (Phi) is 10.4. The molecule has 1 amide bonds. The van der Waals surface area contributed by atoms with E-state index in [-0.39, 0.29) is 30.3 Å². The molecule has 0 heterocycles. The topological polar surface area (TPSA) is 81.7 Å². The number of Topliss-reactive ketones (excluding diaryl/α,β-unsaturated/α-hetero) is 2. The van der Waals surface area contributed by atoms with E-state index in [4.69, 9.17) is 9.47 Å². The van der Waals surface area contributed by atoms with Crippen molar-refractivity contribution in [3.8, 4) is 0 Å². The van der Waals surface area contributed by atoms with Crippen LogP contribution in [0.3, 0.4) is 0 Å². The predicted molar refractivity (Wildman–Crippen MR) is 144 cm³/mol. The molecule has 7 heteroatoms. The van der Waals surface area contributed by atoms with Crippen molar-refractivity contribution in [2.75, 3.05) is 5.32 Å². The third kappa shape index (κ3) is 9.03. The number of thiol groups is 1. The van der Waals surface area contributed by atoms with Crippen LogP contribution in [0.2, 0.25) is 0 Å². The molecule has 0 fully saturated rings. The van der Waals surface area contributed by atoms with Gasteiger partial charge in [-0.2, -0.15) is 0 Å². The molecule has 1 aromatic carbocycles. The van der Waals surface area contributed by atoms with Gasteiger partial charge >= 0.3 is 0 Å². The van der Waals surface area contributed by atoms with E-state index in [1.165, 1.54) is 0 Å². The van der Waals surface area contributed by atoms with E-state index in [1.54, 1.807) is 19.1 Å². The van der Waals surface area contributed by atoms with Crippen LogP contribution in [0.5, 0.6) is 0 Å². The Morgan fingerprint density at radius 3 is 1.91 bits per heavy atom. The van der Waals surface area contributed by atoms with Crippen LogP contribution < -0.4 is 5.32 Å². The molecule has 0 aliphatic heterocycles. The van der Waals surface area contributed by atoms with Crippen LogP contribution in [0.25, 0.3) is 0 Å². The lowest BCUT2D eigenvalue weighted by Crippen LogP contribution is -2.54. The first-order chi connectivity index (χ1) is 15.7. The largest absolute Gasteiger partial charge is 0.365 e. The Morgan fingerprint density at radius 2 is 1.43 bits per heavy atom. The summed E-state index contributed by atoms with van der Waals surface area (Å²) in [5.74, 6) is -0.458. The average Bonchev–Trinajstić information content (AvgIpc) is 2.69. The first kappa shape index (κ1) is 31.3. The molecular formula is C28H45NO5S. The Labute approximate surface area is 217 Å². The number of ketones is 2. The van der Waals surface area contributed by atoms with E-state index < -0.39 is 34.2 Å². The molecule has 0 aromatic heterocycles. The second-order valence-corrected chi connectivity index (χ2v) is 12.7. The molecule has 0 aliphatic rings. The first-order valence-electron chi connectivity index (χ1n) is 12.2. The Balaban J connectivity index is 3.07. The minimum atomic E-state index is -1.00. The lowest BCUT2D eigenvalue weighted by molar-refractivity contribution is -0.181. The molecule has 0 bridgehead atoms. The van der Waals surface area contributed by atoms with Crippen molar-refractivity contribution in [2.45, 2.75) is 117 Å². The lowest BCUT2D eigenvalue weighted by atomic mass is 9.71. The number of carbonyl (C=O) groups excluding carboxylic acids is 3. The smallest absolute Gasteiger partial charge is 0.224 e. The van der Waals surface area contributed by atoms with E-state index >= 15 is 0 Å². The monoisotopic (exact) mass is 507 g/mol. The van der Waals surface area contributed by atoms with Crippen molar-refractivity contribution in [2.24, 2.45) is 10.8 Å². The molecule has 198 valence electrons. The van der Waals surface area contributed by atoms with E-state index in [0.717, 1.165) is 0 Å². The van der Waals surface area contributed by atoms with E-state index in [2.05, 4.69) is 17.9 Å². The van der Waals surface area contributed by atoms with Crippen molar-refractivity contribution in [3.05, 3.63) is 24.3 Å². The summed E-state index contributed by atoms with van der Waals surface area (Å²) >= 11 is 4.37. The van der Waals surface area contributed by atoms with Gasteiger partial charge in [0.05, 0.1) is 22.3 Å². The van der Waals surface area contributed by atoms with Gasteiger partial charge in [-0.05, 0) is 60.1 Å². The standard InChI is InChI=1S/C28H45NO5S/c1-18(33-26(5,6)7)23(31)27(8,9)28(10,11)34-20(24(32)25(2,3)4)16-17-22(30)29-19-14-12-13-15-21(19)35/h12-15,18,20,35H,16-17H2,1-11H3,(H,29,30). The summed E-state index contributed by atoms with van der Waals surface area (Å²) in [5, 5.41) is 2.84. The molecular weight excluding hydrogens is 462 g/mol. The van der Waals surface area contributed by atoms with E-state index in [9.17, 15) is 14.4 Å². The Hall–Kier alpha value is -1.70. The van der Waals surface area contributed by atoms with Crippen LogP contribution in [0.4, 0.5) is 5.69 Å². The predicted octanol–water partition coefficient (Wildman–Crippen LogP) is 6.27. The zero-order valence-corrected chi connectivity index (χ0v) is 24.3. The minimum Gasteiger partial charge on any atom is -0.365 e. The van der Waals surface area contributed by atoms with E-state index in [0.29, 0.717) is 10.6 Å². The third-order valence-electron chi connectivity index (χ3n) is 6.30. The number of carbonyl (C=O) groups is 3. The molecule has 0 saturated heterocycles. The highest BCUT2D eigenvalue weighted by molar-refractivity contribution is 7.80. The summed E-state index contributed by atoms with van der Waals surface area (Å²) < 4.78 is 12.3. The summed E-state index contributed by atoms with van der Waals surface area (Å²) in [4.78, 5) is 40.0. The lowest BCUT2D eigenvalue weighted by Gasteiger charge is -2.44. The maximum absolute atomic E-state index is 13.4. The van der Waals surface area contributed by atoms with E-state index in [1.807, 2.05) is 81.4 Å². The normalized spacial score (nSPS) is 14.9. The number of rotatable bonds is 11. The zero-order valence-electron chi connectivity index (χ0n) is 23.4. The average molecular weight is 508 g/mol. The number of benzene rings is 1. The van der Waals surface area contributed by atoms with Gasteiger partial charge in [-0.25, -0.2) is 0 Å². The Morgan fingerprint density at radius 1 is 0.886 bits per heavy atom. The molecule has 1 N–H and O–H groups in total. The van der Waals surface area contributed by atoms with Crippen molar-refractivity contribution >= 4 is 35.8 Å². The van der Waals surface area contributed by atoms with Crippen LogP contribution in [-0.2, 0) is 23.9 Å². The molecule has 1 rings (SSSR count). The van der Waals surface area contributed by atoms with Gasteiger partial charge in [0.1, 0.15) is 12.2 Å². The highest BCUT2D eigenvalue weighted by Gasteiger charge is 2.49. The molecule has 35 heavy (non-hydrogen) atoms. The summed E-state index contributed by atoms with van der Waals surface area (Å²) in [5.41, 5.74) is -2.49. The summed E-state index contributed by atoms with van der Waals surface area (Å²) in [6.07, 6.45) is -1.22. The minimum absolute atomic E-state index is 0.0859. The van der Waals surface area contributed by atoms with Gasteiger partial charge in [0.15, 0.2) is 11.6 Å². The quantitative estimate of drug-likeness (QED) is 0.345. The fourth-order valence-corrected chi connectivity index (χ4v) is 3.89. The molecule has 0 saturated carbocycles. The van der Waals surface area contributed by atoms with Gasteiger partial charge in [0.2, 0.25) is 5.91 Å². The Bertz CT molecular complexity index is 909. The number of para-hydroxylation sites is 1. The van der Waals surface area contributed by atoms with Crippen LogP contribution in [0.15, 0.2) is 29.2 Å². The summed E-state index contributed by atoms with van der Waals surface area (Å²) in [6, 6.07) is 7.21. The number of amides is 1. The van der Waals surface area contributed by atoms with Crippen molar-refractivity contribution in [1.82, 2.24) is 0 Å². The zero-order chi connectivity index (χ0) is 27.4. The summed E-state index contributed by atoms with van der Waals surface area (Å²) in [6.45, 7) is 20.2. The van der Waals surface area contributed by atoms with Gasteiger partial charge in [0.25, 0.3) is 0 Å². The first-order valence-corrected chi connectivity index (χ1v) is 12.7. The highest BCUT2D eigenvalue weighted by Crippen LogP contribution is 2.39. The van der Waals surface area contributed by atoms with Crippen molar-refractivity contribution in [1.29, 1.82) is 0 Å². The SMILES string of the molecule is CC(OC(C)(C)C)C(=O)C(C)(C)C(C)(C)OC(CCC(=O)Nc1ccccc1S)C(=O)C(C)(C)C. The molecule has 2 unspecified atom stereocenters. The number of nitrogens with one attached hydrogen (secondary N) is 1. The second kappa shape index (κ2) is 11.6.